The van der Waals surface area contributed by atoms with E-state index < -0.39 is 0 Å². The minimum Gasteiger partial charge on any atom is -0.485 e. The van der Waals surface area contributed by atoms with E-state index in [-0.39, 0.29) is 19.2 Å². The number of aromatic nitrogens is 1. The number of rotatable bonds is 5. The van der Waals surface area contributed by atoms with Gasteiger partial charge >= 0.3 is 0 Å². The van der Waals surface area contributed by atoms with Crippen LogP contribution in [0.3, 0.4) is 0 Å². The highest BCUT2D eigenvalue weighted by molar-refractivity contribution is 5.98. The van der Waals surface area contributed by atoms with Crippen molar-refractivity contribution in [2.75, 3.05) is 13.4 Å². The highest BCUT2D eigenvalue weighted by Crippen LogP contribution is 2.35. The minimum atomic E-state index is 0.0119. The predicted molar refractivity (Wildman–Crippen MR) is 98.4 cm³/mol. The average molecular weight is 355 g/mol. The highest BCUT2D eigenvalue weighted by Gasteiger charge is 2.23. The van der Waals surface area contributed by atoms with E-state index in [1.165, 1.54) is 37.8 Å². The van der Waals surface area contributed by atoms with Crippen molar-refractivity contribution in [2.45, 2.75) is 52.0 Å². The number of hydrogen-bond donors (Lipinski definition) is 0. The van der Waals surface area contributed by atoms with Crippen LogP contribution < -0.4 is 14.2 Å². The fourth-order valence-corrected chi connectivity index (χ4v) is 4.15. The van der Waals surface area contributed by atoms with E-state index in [1.807, 2.05) is 6.07 Å². The zero-order valence-electron chi connectivity index (χ0n) is 15.4. The number of ether oxygens (including phenoxy) is 3. The fraction of sp³-hybridized carbons (Fsp3) is 0.476. The number of hydrogen-bond acceptors (Lipinski definition) is 4. The summed E-state index contributed by atoms with van der Waals surface area (Å²) in [4.78, 5) is 12.7. The van der Waals surface area contributed by atoms with Crippen LogP contribution in [0.15, 0.2) is 24.3 Å². The molecule has 2 aliphatic rings. The van der Waals surface area contributed by atoms with Crippen LogP contribution in [-0.4, -0.2) is 23.8 Å². The molecule has 0 amide bonds. The van der Waals surface area contributed by atoms with Gasteiger partial charge in [0.15, 0.2) is 18.1 Å². The van der Waals surface area contributed by atoms with Gasteiger partial charge in [-0.15, -0.1) is 0 Å². The van der Waals surface area contributed by atoms with Crippen LogP contribution in [-0.2, 0) is 0 Å². The molecular formula is C21H25NO4. The third-order valence-corrected chi connectivity index (χ3v) is 5.44. The van der Waals surface area contributed by atoms with Crippen molar-refractivity contribution in [2.24, 2.45) is 0 Å². The van der Waals surface area contributed by atoms with Gasteiger partial charge in [-0.3, -0.25) is 4.79 Å². The van der Waals surface area contributed by atoms with Crippen LogP contribution in [0.1, 0.15) is 59.9 Å². The Kier molecular flexibility index (Phi) is 4.62. The van der Waals surface area contributed by atoms with E-state index in [9.17, 15) is 4.79 Å². The summed E-state index contributed by atoms with van der Waals surface area (Å²) in [6, 6.07) is 7.90. The molecule has 2 heterocycles. The zero-order valence-corrected chi connectivity index (χ0v) is 15.4. The summed E-state index contributed by atoms with van der Waals surface area (Å²) in [5.41, 5.74) is 3.00. The summed E-state index contributed by atoms with van der Waals surface area (Å²) >= 11 is 0. The molecule has 26 heavy (non-hydrogen) atoms. The number of fused-ring (bicyclic) bond motifs is 1. The Hall–Kier alpha value is -2.43. The Balaban J connectivity index is 1.46. The smallest absolute Gasteiger partial charge is 0.231 e. The summed E-state index contributed by atoms with van der Waals surface area (Å²) in [7, 11) is 0. The van der Waals surface area contributed by atoms with E-state index in [4.69, 9.17) is 14.2 Å². The Morgan fingerprint density at radius 3 is 2.69 bits per heavy atom. The van der Waals surface area contributed by atoms with E-state index in [1.54, 1.807) is 18.2 Å². The molecule has 138 valence electrons. The summed E-state index contributed by atoms with van der Waals surface area (Å²) < 4.78 is 18.7. The van der Waals surface area contributed by atoms with Crippen molar-refractivity contribution >= 4 is 5.78 Å². The molecule has 5 nitrogen and oxygen atoms in total. The minimum absolute atomic E-state index is 0.0119. The van der Waals surface area contributed by atoms with Gasteiger partial charge < -0.3 is 18.8 Å². The summed E-state index contributed by atoms with van der Waals surface area (Å²) in [5, 5.41) is 0. The van der Waals surface area contributed by atoms with Crippen molar-refractivity contribution < 1.29 is 19.0 Å². The number of carbonyl (C=O) groups is 1. The van der Waals surface area contributed by atoms with E-state index in [0.717, 1.165) is 11.3 Å². The summed E-state index contributed by atoms with van der Waals surface area (Å²) in [6.45, 7) is 4.39. The molecule has 1 aromatic carbocycles. The largest absolute Gasteiger partial charge is 0.485 e. The molecule has 0 unspecified atom stereocenters. The topological polar surface area (TPSA) is 49.7 Å². The van der Waals surface area contributed by atoms with Gasteiger partial charge in [-0.2, -0.15) is 0 Å². The molecule has 1 aliphatic heterocycles. The number of benzene rings is 1. The number of aryl methyl sites for hydroxylation is 1. The SMILES string of the molecule is Cc1cc(C(=O)COc2ccc3c(c2)OCO3)c(C)n1C1CCCCC1. The van der Waals surface area contributed by atoms with Crippen molar-refractivity contribution in [1.82, 2.24) is 4.57 Å². The maximum absolute atomic E-state index is 12.7. The molecule has 0 saturated heterocycles. The monoisotopic (exact) mass is 355 g/mol. The molecule has 0 N–H and O–H groups in total. The maximum atomic E-state index is 12.7. The standard InChI is InChI=1S/C21H25NO4/c1-14-10-18(15(2)22(14)16-6-4-3-5-7-16)19(23)12-24-17-8-9-20-21(11-17)26-13-25-20/h8-11,16H,3-7,12-13H2,1-2H3. The average Bonchev–Trinajstić information content (AvgIpc) is 3.24. The van der Waals surface area contributed by atoms with E-state index >= 15 is 0 Å². The third kappa shape index (κ3) is 3.18. The molecule has 1 aliphatic carbocycles. The first-order valence-electron chi connectivity index (χ1n) is 9.37. The molecule has 5 heteroatoms. The molecular weight excluding hydrogens is 330 g/mol. The first kappa shape index (κ1) is 17.0. The molecule has 2 aromatic rings. The molecule has 1 aromatic heterocycles. The van der Waals surface area contributed by atoms with Crippen LogP contribution in [0.25, 0.3) is 0 Å². The van der Waals surface area contributed by atoms with Crippen LogP contribution in [0.5, 0.6) is 17.2 Å². The summed E-state index contributed by atoms with van der Waals surface area (Å²) in [5.74, 6) is 1.99. The normalized spacial score (nSPS) is 16.7. The maximum Gasteiger partial charge on any atom is 0.231 e. The Bertz CT molecular complexity index is 818. The Morgan fingerprint density at radius 2 is 1.88 bits per heavy atom. The first-order valence-corrected chi connectivity index (χ1v) is 9.37. The molecule has 1 fully saturated rings. The molecule has 0 radical (unpaired) electrons. The van der Waals surface area contributed by atoms with E-state index in [2.05, 4.69) is 18.4 Å². The van der Waals surface area contributed by atoms with Crippen LogP contribution in [0.4, 0.5) is 0 Å². The Labute approximate surface area is 153 Å². The quantitative estimate of drug-likeness (QED) is 0.736. The lowest BCUT2D eigenvalue weighted by Gasteiger charge is -2.26. The number of carbonyl (C=O) groups excluding carboxylic acids is 1. The van der Waals surface area contributed by atoms with Gasteiger partial charge in [0.1, 0.15) is 5.75 Å². The van der Waals surface area contributed by atoms with Gasteiger partial charge in [0.2, 0.25) is 12.6 Å². The molecule has 4 rings (SSSR count). The second kappa shape index (κ2) is 7.06. The third-order valence-electron chi connectivity index (χ3n) is 5.44. The highest BCUT2D eigenvalue weighted by atomic mass is 16.7. The van der Waals surface area contributed by atoms with Crippen molar-refractivity contribution in [3.63, 3.8) is 0 Å². The first-order chi connectivity index (χ1) is 12.6. The molecule has 0 atom stereocenters. The predicted octanol–water partition coefficient (Wildman–Crippen LogP) is 4.60. The van der Waals surface area contributed by atoms with Gasteiger partial charge in [-0.05, 0) is 44.9 Å². The van der Waals surface area contributed by atoms with Gasteiger partial charge in [0.25, 0.3) is 0 Å². The van der Waals surface area contributed by atoms with Crippen molar-refractivity contribution in [3.8, 4) is 17.2 Å². The van der Waals surface area contributed by atoms with Gasteiger partial charge in [0.05, 0.1) is 0 Å². The lowest BCUT2D eigenvalue weighted by atomic mass is 9.95. The van der Waals surface area contributed by atoms with Gasteiger partial charge in [-0.25, -0.2) is 0 Å². The summed E-state index contributed by atoms with van der Waals surface area (Å²) in [6.07, 6.45) is 6.29. The number of Topliss-reactive ketones (excluding diaryl/α,β-unsaturated/α-hetero) is 1. The lowest BCUT2D eigenvalue weighted by Crippen LogP contribution is -2.17. The number of nitrogens with zero attached hydrogens (tertiary/aromatic N) is 1. The van der Waals surface area contributed by atoms with Crippen molar-refractivity contribution in [3.05, 3.63) is 41.2 Å². The van der Waals surface area contributed by atoms with Gasteiger partial charge in [-0.1, -0.05) is 19.3 Å². The van der Waals surface area contributed by atoms with Gasteiger partial charge in [0, 0.05) is 29.1 Å². The molecule has 0 bridgehead atoms. The zero-order chi connectivity index (χ0) is 18.1. The molecule has 0 spiro atoms. The Morgan fingerprint density at radius 1 is 1.12 bits per heavy atom. The van der Waals surface area contributed by atoms with Crippen LogP contribution in [0.2, 0.25) is 0 Å². The molecule has 1 saturated carbocycles. The second-order valence-electron chi connectivity index (χ2n) is 7.17. The second-order valence-corrected chi connectivity index (χ2v) is 7.17. The number of ketones is 1. The van der Waals surface area contributed by atoms with Crippen LogP contribution >= 0.6 is 0 Å². The lowest BCUT2D eigenvalue weighted by molar-refractivity contribution is 0.0920. The van der Waals surface area contributed by atoms with Crippen molar-refractivity contribution in [1.29, 1.82) is 0 Å². The van der Waals surface area contributed by atoms with Crippen LogP contribution in [0, 0.1) is 13.8 Å². The fourth-order valence-electron chi connectivity index (χ4n) is 4.15. The van der Waals surface area contributed by atoms with E-state index in [0.29, 0.717) is 23.3 Å².